The Labute approximate surface area is 146 Å². The Morgan fingerprint density at radius 3 is 2.65 bits per heavy atom. The Bertz CT molecular complexity index is 667. The van der Waals surface area contributed by atoms with Crippen LogP contribution >= 0.6 is 23.1 Å². The van der Waals surface area contributed by atoms with Crippen LogP contribution in [0.2, 0.25) is 0 Å². The van der Waals surface area contributed by atoms with Crippen LogP contribution in [0.4, 0.5) is 10.5 Å². The van der Waals surface area contributed by atoms with Gasteiger partial charge in [-0.05, 0) is 56.2 Å². The Balaban J connectivity index is 1.90. The van der Waals surface area contributed by atoms with Crippen molar-refractivity contribution in [2.24, 2.45) is 0 Å². The van der Waals surface area contributed by atoms with E-state index in [9.17, 15) is 4.79 Å². The molecule has 0 aliphatic carbocycles. The van der Waals surface area contributed by atoms with Crippen molar-refractivity contribution in [1.29, 1.82) is 0 Å². The molecule has 1 aromatic carbocycles. The Morgan fingerprint density at radius 2 is 2.04 bits per heavy atom. The van der Waals surface area contributed by atoms with Gasteiger partial charge in [-0.25, -0.2) is 4.79 Å². The highest BCUT2D eigenvalue weighted by molar-refractivity contribution is 7.99. The average molecular weight is 349 g/mol. The lowest BCUT2D eigenvalue weighted by Gasteiger charge is -2.13. The smallest absolute Gasteiger partial charge is 0.319 e. The van der Waals surface area contributed by atoms with Gasteiger partial charge in [0.1, 0.15) is 0 Å². The summed E-state index contributed by atoms with van der Waals surface area (Å²) in [5.74, 6) is 0. The minimum atomic E-state index is -0.165. The highest BCUT2D eigenvalue weighted by Crippen LogP contribution is 2.28. The standard InChI is InChI=1S/C18H24N2OS2/c1-5-13(3)22-15-8-9-17(12(2)10-15)20-18(21)19-11-16-7-6-14(4)23-16/h6-10,13H,5,11H2,1-4H3,(H2,19,20,21). The number of thiophene rings is 1. The van der Waals surface area contributed by atoms with Gasteiger partial charge in [0.15, 0.2) is 0 Å². The molecular formula is C18H24N2OS2. The van der Waals surface area contributed by atoms with E-state index in [1.165, 1.54) is 9.77 Å². The maximum Gasteiger partial charge on any atom is 0.319 e. The first-order valence-corrected chi connectivity index (χ1v) is 9.55. The molecule has 0 aliphatic rings. The van der Waals surface area contributed by atoms with E-state index in [0.29, 0.717) is 11.8 Å². The number of urea groups is 1. The molecule has 23 heavy (non-hydrogen) atoms. The molecule has 0 aliphatic heterocycles. The molecule has 5 heteroatoms. The van der Waals surface area contributed by atoms with Crippen molar-refractivity contribution in [3.8, 4) is 0 Å². The number of rotatable bonds is 6. The van der Waals surface area contributed by atoms with Crippen LogP contribution in [0.25, 0.3) is 0 Å². The number of hydrogen-bond donors (Lipinski definition) is 2. The first kappa shape index (κ1) is 17.9. The molecule has 1 unspecified atom stereocenters. The fourth-order valence-corrected chi connectivity index (χ4v) is 3.93. The highest BCUT2D eigenvalue weighted by atomic mass is 32.2. The molecule has 0 bridgehead atoms. The Hall–Kier alpha value is -1.46. The van der Waals surface area contributed by atoms with Crippen LogP contribution < -0.4 is 10.6 Å². The van der Waals surface area contributed by atoms with E-state index in [0.717, 1.165) is 22.5 Å². The molecule has 0 spiro atoms. The number of thioether (sulfide) groups is 1. The summed E-state index contributed by atoms with van der Waals surface area (Å²) in [5, 5.41) is 6.43. The van der Waals surface area contributed by atoms with E-state index in [-0.39, 0.29) is 6.03 Å². The largest absolute Gasteiger partial charge is 0.333 e. The third kappa shape index (κ3) is 5.59. The van der Waals surface area contributed by atoms with Crippen LogP contribution in [0.1, 0.15) is 35.6 Å². The molecule has 0 saturated heterocycles. The van der Waals surface area contributed by atoms with Gasteiger partial charge in [0.05, 0.1) is 6.54 Å². The van der Waals surface area contributed by atoms with E-state index < -0.39 is 0 Å². The SMILES string of the molecule is CCC(C)Sc1ccc(NC(=O)NCc2ccc(C)s2)c(C)c1. The molecule has 0 radical (unpaired) electrons. The van der Waals surface area contributed by atoms with Gasteiger partial charge in [-0.1, -0.05) is 13.8 Å². The van der Waals surface area contributed by atoms with E-state index in [1.807, 2.05) is 30.8 Å². The number of carbonyl (C=O) groups excluding carboxylic acids is 1. The summed E-state index contributed by atoms with van der Waals surface area (Å²) in [7, 11) is 0. The van der Waals surface area contributed by atoms with Gasteiger partial charge in [0.2, 0.25) is 0 Å². The van der Waals surface area contributed by atoms with Gasteiger partial charge in [-0.15, -0.1) is 23.1 Å². The third-order valence-corrected chi connectivity index (χ3v) is 5.84. The number of hydrogen-bond acceptors (Lipinski definition) is 3. The summed E-state index contributed by atoms with van der Waals surface area (Å²) in [6.07, 6.45) is 1.15. The van der Waals surface area contributed by atoms with E-state index in [4.69, 9.17) is 0 Å². The second-order valence-electron chi connectivity index (χ2n) is 5.63. The van der Waals surface area contributed by atoms with Crippen molar-refractivity contribution in [3.63, 3.8) is 0 Å². The molecule has 2 rings (SSSR count). The minimum absolute atomic E-state index is 0.165. The number of benzene rings is 1. The second-order valence-corrected chi connectivity index (χ2v) is 8.52. The van der Waals surface area contributed by atoms with Gasteiger partial charge >= 0.3 is 6.03 Å². The van der Waals surface area contributed by atoms with Crippen molar-refractivity contribution < 1.29 is 4.79 Å². The maximum absolute atomic E-state index is 12.0. The summed E-state index contributed by atoms with van der Waals surface area (Å²) in [6, 6.07) is 10.1. The molecule has 2 amide bonds. The fourth-order valence-electron chi connectivity index (χ4n) is 2.08. The number of amides is 2. The fraction of sp³-hybridized carbons (Fsp3) is 0.389. The van der Waals surface area contributed by atoms with Crippen molar-refractivity contribution >= 4 is 34.8 Å². The summed E-state index contributed by atoms with van der Waals surface area (Å²) >= 11 is 3.57. The topological polar surface area (TPSA) is 41.1 Å². The zero-order chi connectivity index (χ0) is 16.8. The first-order chi connectivity index (χ1) is 11.0. The monoisotopic (exact) mass is 348 g/mol. The van der Waals surface area contributed by atoms with E-state index >= 15 is 0 Å². The quantitative estimate of drug-likeness (QED) is 0.669. The molecule has 0 fully saturated rings. The van der Waals surface area contributed by atoms with Crippen molar-refractivity contribution in [2.75, 3.05) is 5.32 Å². The molecule has 1 aromatic heterocycles. The normalized spacial score (nSPS) is 12.0. The molecule has 1 atom stereocenters. The summed E-state index contributed by atoms with van der Waals surface area (Å²) in [6.45, 7) is 9.08. The van der Waals surface area contributed by atoms with Gasteiger partial charge in [-0.2, -0.15) is 0 Å². The highest BCUT2D eigenvalue weighted by Gasteiger charge is 2.07. The van der Waals surface area contributed by atoms with Crippen LogP contribution in [-0.2, 0) is 6.54 Å². The third-order valence-electron chi connectivity index (χ3n) is 3.58. The lowest BCUT2D eigenvalue weighted by atomic mass is 10.2. The van der Waals surface area contributed by atoms with Gasteiger partial charge in [-0.3, -0.25) is 0 Å². The lowest BCUT2D eigenvalue weighted by Crippen LogP contribution is -2.28. The molecule has 2 N–H and O–H groups in total. The second kappa shape index (κ2) is 8.41. The van der Waals surface area contributed by atoms with Gasteiger partial charge in [0, 0.05) is 25.6 Å². The molecule has 0 saturated carbocycles. The van der Waals surface area contributed by atoms with Crippen LogP contribution in [0.3, 0.4) is 0 Å². The predicted molar refractivity (Wildman–Crippen MR) is 102 cm³/mol. The number of nitrogens with one attached hydrogen (secondary N) is 2. The van der Waals surface area contributed by atoms with Crippen LogP contribution in [-0.4, -0.2) is 11.3 Å². The van der Waals surface area contributed by atoms with Gasteiger partial charge in [0.25, 0.3) is 0 Å². The maximum atomic E-state index is 12.0. The van der Waals surface area contributed by atoms with Crippen molar-refractivity contribution in [2.45, 2.75) is 50.8 Å². The summed E-state index contributed by atoms with van der Waals surface area (Å²) in [4.78, 5) is 15.7. The summed E-state index contributed by atoms with van der Waals surface area (Å²) < 4.78 is 0. The van der Waals surface area contributed by atoms with Crippen molar-refractivity contribution in [1.82, 2.24) is 5.32 Å². The molecule has 3 nitrogen and oxygen atoms in total. The zero-order valence-corrected chi connectivity index (χ0v) is 15.7. The first-order valence-electron chi connectivity index (χ1n) is 7.85. The zero-order valence-electron chi connectivity index (χ0n) is 14.1. The van der Waals surface area contributed by atoms with E-state index in [2.05, 4.69) is 49.6 Å². The lowest BCUT2D eigenvalue weighted by molar-refractivity contribution is 0.252. The average Bonchev–Trinajstić information content (AvgIpc) is 2.93. The summed E-state index contributed by atoms with van der Waals surface area (Å²) in [5.41, 5.74) is 1.94. The van der Waals surface area contributed by atoms with Crippen LogP contribution in [0.15, 0.2) is 35.2 Å². The molecule has 1 heterocycles. The molecule has 2 aromatic rings. The number of aryl methyl sites for hydroxylation is 2. The van der Waals surface area contributed by atoms with Crippen LogP contribution in [0, 0.1) is 13.8 Å². The Morgan fingerprint density at radius 1 is 1.26 bits per heavy atom. The van der Waals surface area contributed by atoms with Crippen molar-refractivity contribution in [3.05, 3.63) is 45.6 Å². The minimum Gasteiger partial charge on any atom is -0.333 e. The van der Waals surface area contributed by atoms with Gasteiger partial charge < -0.3 is 10.6 Å². The molecular weight excluding hydrogens is 324 g/mol. The van der Waals surface area contributed by atoms with E-state index in [1.54, 1.807) is 11.3 Å². The number of carbonyl (C=O) groups is 1. The Kier molecular flexibility index (Phi) is 6.54. The van der Waals surface area contributed by atoms with Crippen LogP contribution in [0.5, 0.6) is 0 Å². The predicted octanol–water partition coefficient (Wildman–Crippen LogP) is 5.58. The molecule has 124 valence electrons. The number of anilines is 1.